The molecule has 1 aromatic heterocycles. The van der Waals surface area contributed by atoms with Crippen molar-refractivity contribution >= 4 is 44.3 Å². The van der Waals surface area contributed by atoms with Crippen LogP contribution < -0.4 is 5.73 Å². The zero-order valence-corrected chi connectivity index (χ0v) is 9.85. The lowest BCUT2D eigenvalue weighted by Crippen LogP contribution is -1.94. The van der Waals surface area contributed by atoms with Gasteiger partial charge < -0.3 is 5.73 Å². The van der Waals surface area contributed by atoms with Crippen molar-refractivity contribution in [2.45, 2.75) is 6.92 Å². The Hall–Kier alpha value is -0.800. The van der Waals surface area contributed by atoms with Gasteiger partial charge in [-0.1, -0.05) is 27.5 Å². The molecular weight excluding hydrogens is 263 g/mol. The van der Waals surface area contributed by atoms with Crippen molar-refractivity contribution < 1.29 is 0 Å². The maximum absolute atomic E-state index is 6.04. The summed E-state index contributed by atoms with van der Waals surface area (Å²) in [6, 6.07) is 5.76. The molecule has 2 nitrogen and oxygen atoms in total. The van der Waals surface area contributed by atoms with Crippen LogP contribution in [0.15, 0.2) is 22.7 Å². The second-order valence-corrected chi connectivity index (χ2v) is 4.47. The van der Waals surface area contributed by atoms with E-state index in [1.807, 2.05) is 25.1 Å². The van der Waals surface area contributed by atoms with Gasteiger partial charge in [0.15, 0.2) is 0 Å². The van der Waals surface area contributed by atoms with E-state index < -0.39 is 0 Å². The Bertz CT molecular complexity index is 511. The number of nitrogens with zero attached hydrogens (tertiary/aromatic N) is 1. The summed E-state index contributed by atoms with van der Waals surface area (Å²) in [6.07, 6.45) is 0. The van der Waals surface area contributed by atoms with Crippen LogP contribution in [-0.2, 0) is 0 Å². The van der Waals surface area contributed by atoms with Gasteiger partial charge in [0.05, 0.1) is 10.5 Å². The van der Waals surface area contributed by atoms with E-state index in [4.69, 9.17) is 17.3 Å². The normalized spacial score (nSPS) is 10.8. The minimum atomic E-state index is 0.529. The predicted octanol–water partition coefficient (Wildman–Crippen LogP) is 3.54. The van der Waals surface area contributed by atoms with Crippen LogP contribution in [0.5, 0.6) is 0 Å². The highest BCUT2D eigenvalue weighted by Crippen LogP contribution is 2.28. The summed E-state index contributed by atoms with van der Waals surface area (Å²) < 4.78 is 0.945. The van der Waals surface area contributed by atoms with Crippen molar-refractivity contribution in [1.82, 2.24) is 4.98 Å². The molecule has 0 atom stereocenters. The van der Waals surface area contributed by atoms with Gasteiger partial charge in [-0.2, -0.15) is 0 Å². The summed E-state index contributed by atoms with van der Waals surface area (Å²) in [4.78, 5) is 4.24. The fraction of sp³-hybridized carbons (Fsp3) is 0.100. The average molecular weight is 272 g/mol. The first-order chi connectivity index (χ1) is 6.58. The molecule has 0 aliphatic rings. The molecule has 1 heterocycles. The van der Waals surface area contributed by atoms with E-state index in [2.05, 4.69) is 20.9 Å². The lowest BCUT2D eigenvalue weighted by Gasteiger charge is -2.04. The van der Waals surface area contributed by atoms with Crippen LogP contribution in [0.4, 0.5) is 5.82 Å². The Kier molecular flexibility index (Phi) is 2.37. The van der Waals surface area contributed by atoms with Gasteiger partial charge in [-0.15, -0.1) is 0 Å². The number of rotatable bonds is 0. The molecule has 0 bridgehead atoms. The number of aryl methyl sites for hydroxylation is 1. The smallest absolute Gasteiger partial charge is 0.127 e. The zero-order chi connectivity index (χ0) is 10.3. The van der Waals surface area contributed by atoms with Gasteiger partial charge in [-0.05, 0) is 30.7 Å². The van der Waals surface area contributed by atoms with Crippen LogP contribution in [0, 0.1) is 6.92 Å². The summed E-state index contributed by atoms with van der Waals surface area (Å²) in [5.74, 6) is 0.529. The van der Waals surface area contributed by atoms with E-state index in [0.29, 0.717) is 10.8 Å². The molecule has 0 saturated heterocycles. The van der Waals surface area contributed by atoms with Crippen LogP contribution in [-0.4, -0.2) is 4.98 Å². The first-order valence-electron chi connectivity index (χ1n) is 4.10. The molecule has 1 aromatic carbocycles. The fourth-order valence-corrected chi connectivity index (χ4v) is 2.21. The van der Waals surface area contributed by atoms with Gasteiger partial charge in [-0.3, -0.25) is 0 Å². The highest BCUT2D eigenvalue weighted by atomic mass is 79.9. The summed E-state index contributed by atoms with van der Waals surface area (Å²) in [5.41, 5.74) is 7.42. The summed E-state index contributed by atoms with van der Waals surface area (Å²) in [7, 11) is 0. The Balaban J connectivity index is 2.89. The van der Waals surface area contributed by atoms with Crippen LogP contribution >= 0.6 is 27.5 Å². The van der Waals surface area contributed by atoms with Crippen molar-refractivity contribution in [2.24, 2.45) is 0 Å². The van der Waals surface area contributed by atoms with Crippen LogP contribution in [0.1, 0.15) is 5.56 Å². The number of anilines is 1. The van der Waals surface area contributed by atoms with E-state index in [-0.39, 0.29) is 0 Å². The van der Waals surface area contributed by atoms with E-state index in [0.717, 1.165) is 20.9 Å². The minimum absolute atomic E-state index is 0.529. The number of fused-ring (bicyclic) bond motifs is 1. The van der Waals surface area contributed by atoms with Gasteiger partial charge in [0.25, 0.3) is 0 Å². The molecule has 0 aliphatic heterocycles. The van der Waals surface area contributed by atoms with Crippen LogP contribution in [0.3, 0.4) is 0 Å². The highest BCUT2D eigenvalue weighted by molar-refractivity contribution is 9.10. The Morgan fingerprint density at radius 1 is 1.36 bits per heavy atom. The molecule has 14 heavy (non-hydrogen) atoms. The molecule has 0 fully saturated rings. The number of nitrogens with two attached hydrogens (primary N) is 1. The molecule has 2 rings (SSSR count). The Morgan fingerprint density at radius 2 is 2.07 bits per heavy atom. The third kappa shape index (κ3) is 1.57. The van der Waals surface area contributed by atoms with Gasteiger partial charge in [0, 0.05) is 9.86 Å². The van der Waals surface area contributed by atoms with Crippen molar-refractivity contribution in [3.05, 3.63) is 33.3 Å². The monoisotopic (exact) mass is 270 g/mol. The Labute approximate surface area is 95.2 Å². The van der Waals surface area contributed by atoms with Gasteiger partial charge in [-0.25, -0.2) is 4.98 Å². The number of pyridine rings is 1. The second-order valence-electron chi connectivity index (χ2n) is 3.15. The number of halogens is 2. The molecule has 2 aromatic rings. The lowest BCUT2D eigenvalue weighted by atomic mass is 10.1. The van der Waals surface area contributed by atoms with Crippen molar-refractivity contribution in [2.75, 3.05) is 5.73 Å². The molecule has 72 valence electrons. The first kappa shape index (κ1) is 9.74. The maximum Gasteiger partial charge on any atom is 0.127 e. The van der Waals surface area contributed by atoms with Gasteiger partial charge >= 0.3 is 0 Å². The number of nitrogen functional groups attached to an aromatic ring is 1. The number of hydrogen-bond acceptors (Lipinski definition) is 2. The van der Waals surface area contributed by atoms with Crippen molar-refractivity contribution in [1.29, 1.82) is 0 Å². The van der Waals surface area contributed by atoms with Crippen molar-refractivity contribution in [3.63, 3.8) is 0 Å². The summed E-state index contributed by atoms with van der Waals surface area (Å²) in [5, 5.41) is 1.61. The lowest BCUT2D eigenvalue weighted by molar-refractivity contribution is 1.34. The van der Waals surface area contributed by atoms with Crippen molar-refractivity contribution in [3.8, 4) is 0 Å². The molecule has 2 N–H and O–H groups in total. The second kappa shape index (κ2) is 3.41. The van der Waals surface area contributed by atoms with Gasteiger partial charge in [0.2, 0.25) is 0 Å². The molecule has 4 heteroatoms. The molecule has 0 radical (unpaired) electrons. The van der Waals surface area contributed by atoms with E-state index >= 15 is 0 Å². The third-order valence-electron chi connectivity index (χ3n) is 2.07. The molecule has 0 aliphatic carbocycles. The van der Waals surface area contributed by atoms with E-state index in [9.17, 15) is 0 Å². The van der Waals surface area contributed by atoms with Crippen LogP contribution in [0.25, 0.3) is 10.9 Å². The van der Waals surface area contributed by atoms with E-state index in [1.165, 1.54) is 0 Å². The molecule has 0 amide bonds. The Morgan fingerprint density at radius 3 is 2.79 bits per heavy atom. The number of aromatic nitrogens is 1. The SMILES string of the molecule is Cc1cc2cc(Br)cc(Cl)c2nc1N. The molecular formula is C10H8BrClN2. The zero-order valence-electron chi connectivity index (χ0n) is 7.51. The quantitative estimate of drug-likeness (QED) is 0.796. The minimum Gasteiger partial charge on any atom is -0.383 e. The number of hydrogen-bond donors (Lipinski definition) is 1. The highest BCUT2D eigenvalue weighted by Gasteiger charge is 2.05. The topological polar surface area (TPSA) is 38.9 Å². The fourth-order valence-electron chi connectivity index (χ4n) is 1.33. The molecule has 0 saturated carbocycles. The standard InChI is InChI=1S/C10H8BrClN2/c1-5-2-6-3-7(11)4-8(12)9(6)14-10(5)13/h2-4H,1H3,(H2,13,14). The summed E-state index contributed by atoms with van der Waals surface area (Å²) >= 11 is 9.42. The average Bonchev–Trinajstić information content (AvgIpc) is 2.08. The van der Waals surface area contributed by atoms with Gasteiger partial charge in [0.1, 0.15) is 5.82 Å². The largest absolute Gasteiger partial charge is 0.383 e. The third-order valence-corrected chi connectivity index (χ3v) is 2.81. The predicted molar refractivity (Wildman–Crippen MR) is 63.6 cm³/mol. The first-order valence-corrected chi connectivity index (χ1v) is 5.27. The maximum atomic E-state index is 6.04. The molecule has 0 unspecified atom stereocenters. The summed E-state index contributed by atoms with van der Waals surface area (Å²) in [6.45, 7) is 1.93. The van der Waals surface area contributed by atoms with E-state index in [1.54, 1.807) is 0 Å². The van der Waals surface area contributed by atoms with Crippen LogP contribution in [0.2, 0.25) is 5.02 Å². The molecule has 0 spiro atoms. The number of benzene rings is 1.